The van der Waals surface area contributed by atoms with Gasteiger partial charge in [-0.3, -0.25) is 4.79 Å². The van der Waals surface area contributed by atoms with Crippen LogP contribution in [0, 0.1) is 6.92 Å². The average Bonchev–Trinajstić information content (AvgIpc) is 2.91. The maximum Gasteiger partial charge on any atom is 0.227 e. The summed E-state index contributed by atoms with van der Waals surface area (Å²) < 4.78 is 7.34. The van der Waals surface area contributed by atoms with Gasteiger partial charge in [0.25, 0.3) is 0 Å². The van der Waals surface area contributed by atoms with Crippen LogP contribution in [0.2, 0.25) is 0 Å². The van der Waals surface area contributed by atoms with E-state index in [-0.39, 0.29) is 11.7 Å². The fourth-order valence-electron chi connectivity index (χ4n) is 1.45. The number of ether oxygens (including phenoxy) is 1. The molecule has 8 heteroatoms. The lowest BCUT2D eigenvalue weighted by Gasteiger charge is -2.07. The van der Waals surface area contributed by atoms with Crippen LogP contribution in [0.4, 0.5) is 0 Å². The van der Waals surface area contributed by atoms with E-state index in [9.17, 15) is 4.79 Å². The van der Waals surface area contributed by atoms with Gasteiger partial charge in [0.05, 0.1) is 12.4 Å². The zero-order chi connectivity index (χ0) is 15.1. The molecule has 21 heavy (non-hydrogen) atoms. The Balaban J connectivity index is 1.71. The van der Waals surface area contributed by atoms with Gasteiger partial charge in [-0.05, 0) is 18.6 Å². The predicted molar refractivity (Wildman–Crippen MR) is 87.2 cm³/mol. The third-order valence-corrected chi connectivity index (χ3v) is 5.56. The summed E-state index contributed by atoms with van der Waals surface area (Å²) in [5.74, 6) is 1.59. The van der Waals surface area contributed by atoms with Crippen molar-refractivity contribution in [1.29, 1.82) is 0 Å². The molecule has 2 rings (SSSR count). The smallest absolute Gasteiger partial charge is 0.227 e. The van der Waals surface area contributed by atoms with Crippen LogP contribution in [-0.2, 0) is 4.79 Å². The van der Waals surface area contributed by atoms with Crippen LogP contribution in [0.5, 0.6) is 5.75 Å². The van der Waals surface area contributed by atoms with E-state index in [0.29, 0.717) is 6.61 Å². The summed E-state index contributed by atoms with van der Waals surface area (Å²) in [6.07, 6.45) is 0. The highest BCUT2D eigenvalue weighted by Crippen LogP contribution is 2.28. The zero-order valence-corrected chi connectivity index (χ0v) is 13.9. The lowest BCUT2D eigenvalue weighted by atomic mass is 10.2. The van der Waals surface area contributed by atoms with Crippen LogP contribution in [0.15, 0.2) is 32.9 Å². The minimum atomic E-state index is -0.351. The molecule has 0 fully saturated rings. The number of nitrogens with zero attached hydrogens (tertiary/aromatic N) is 2. The van der Waals surface area contributed by atoms with E-state index in [2.05, 4.69) is 10.2 Å². The van der Waals surface area contributed by atoms with Crippen molar-refractivity contribution < 1.29 is 9.53 Å². The molecule has 2 N–H and O–H groups in total. The standard InChI is InChI=1S/C13H15N3O2S3/c1-9-4-2-3-5-10(9)18-6-7-19-12-15-16-13(21-12)20-8-11(14)17/h2-5H,6-8H2,1H3,(H2,14,17). The van der Waals surface area contributed by atoms with Gasteiger partial charge in [-0.2, -0.15) is 0 Å². The molecule has 1 heterocycles. The first-order valence-corrected chi connectivity index (χ1v) is 9.00. The van der Waals surface area contributed by atoms with Crippen molar-refractivity contribution in [2.24, 2.45) is 5.73 Å². The molecule has 0 saturated carbocycles. The molecule has 0 saturated heterocycles. The van der Waals surface area contributed by atoms with E-state index in [1.807, 2.05) is 31.2 Å². The van der Waals surface area contributed by atoms with Gasteiger partial charge in [-0.25, -0.2) is 0 Å². The molecule has 0 aliphatic rings. The van der Waals surface area contributed by atoms with Crippen molar-refractivity contribution in [3.05, 3.63) is 29.8 Å². The number of aromatic nitrogens is 2. The number of thioether (sulfide) groups is 2. The van der Waals surface area contributed by atoms with E-state index in [4.69, 9.17) is 10.5 Å². The third-order valence-electron chi connectivity index (χ3n) is 2.39. The quantitative estimate of drug-likeness (QED) is 0.587. The van der Waals surface area contributed by atoms with Crippen molar-refractivity contribution in [2.75, 3.05) is 18.1 Å². The number of hydrogen-bond acceptors (Lipinski definition) is 7. The summed E-state index contributed by atoms with van der Waals surface area (Å²) in [5.41, 5.74) is 6.22. The zero-order valence-electron chi connectivity index (χ0n) is 11.4. The Labute approximate surface area is 135 Å². The highest BCUT2D eigenvalue weighted by molar-refractivity contribution is 8.03. The van der Waals surface area contributed by atoms with E-state index < -0.39 is 0 Å². The second-order valence-corrected chi connectivity index (χ2v) is 7.59. The monoisotopic (exact) mass is 341 g/mol. The summed E-state index contributed by atoms with van der Waals surface area (Å²) in [6.45, 7) is 2.63. The second kappa shape index (κ2) is 8.26. The number of benzene rings is 1. The first-order valence-electron chi connectivity index (χ1n) is 6.21. The van der Waals surface area contributed by atoms with Gasteiger partial charge in [0, 0.05) is 5.75 Å². The number of nitrogens with two attached hydrogens (primary N) is 1. The lowest BCUT2D eigenvalue weighted by molar-refractivity contribution is -0.115. The van der Waals surface area contributed by atoms with Crippen molar-refractivity contribution in [2.45, 2.75) is 15.6 Å². The van der Waals surface area contributed by atoms with E-state index >= 15 is 0 Å². The van der Waals surface area contributed by atoms with Crippen molar-refractivity contribution in [3.8, 4) is 5.75 Å². The van der Waals surface area contributed by atoms with Crippen LogP contribution in [-0.4, -0.2) is 34.2 Å². The largest absolute Gasteiger partial charge is 0.492 e. The van der Waals surface area contributed by atoms with Gasteiger partial charge in [0.15, 0.2) is 8.68 Å². The molecular formula is C13H15N3O2S3. The van der Waals surface area contributed by atoms with Gasteiger partial charge in [0.1, 0.15) is 5.75 Å². The first kappa shape index (κ1) is 16.1. The maximum atomic E-state index is 10.7. The fraction of sp³-hybridized carbons (Fsp3) is 0.308. The van der Waals surface area contributed by atoms with Crippen molar-refractivity contribution >= 4 is 40.8 Å². The molecule has 1 aromatic heterocycles. The topological polar surface area (TPSA) is 78.1 Å². The van der Waals surface area contributed by atoms with E-state index in [1.54, 1.807) is 11.8 Å². The summed E-state index contributed by atoms with van der Waals surface area (Å²) in [5, 5.41) is 8.06. The Morgan fingerprint density at radius 2 is 2.00 bits per heavy atom. The molecule has 112 valence electrons. The molecule has 0 aliphatic heterocycles. The molecule has 0 radical (unpaired) electrons. The first-order chi connectivity index (χ1) is 10.1. The minimum Gasteiger partial charge on any atom is -0.492 e. The average molecular weight is 341 g/mol. The number of carbonyl (C=O) groups is 1. The van der Waals surface area contributed by atoms with E-state index in [0.717, 1.165) is 25.7 Å². The maximum absolute atomic E-state index is 10.7. The highest BCUT2D eigenvalue weighted by Gasteiger charge is 2.07. The number of carbonyl (C=O) groups excluding carboxylic acids is 1. The van der Waals surface area contributed by atoms with Crippen LogP contribution in [0.25, 0.3) is 0 Å². The Morgan fingerprint density at radius 3 is 2.71 bits per heavy atom. The Morgan fingerprint density at radius 1 is 1.29 bits per heavy atom. The minimum absolute atomic E-state index is 0.232. The molecule has 0 aliphatic carbocycles. The summed E-state index contributed by atoms with van der Waals surface area (Å²) >= 11 is 4.37. The lowest BCUT2D eigenvalue weighted by Crippen LogP contribution is -2.12. The molecule has 5 nitrogen and oxygen atoms in total. The molecule has 0 bridgehead atoms. The number of primary amides is 1. The molecule has 2 aromatic rings. The van der Waals surface area contributed by atoms with Gasteiger partial charge in [-0.15, -0.1) is 10.2 Å². The summed E-state index contributed by atoms with van der Waals surface area (Å²) in [7, 11) is 0. The van der Waals surface area contributed by atoms with Crippen LogP contribution in [0.3, 0.4) is 0 Å². The number of rotatable bonds is 8. The molecule has 1 aromatic carbocycles. The van der Waals surface area contributed by atoms with Gasteiger partial charge >= 0.3 is 0 Å². The second-order valence-electron chi connectivity index (χ2n) is 4.05. The van der Waals surface area contributed by atoms with Crippen molar-refractivity contribution in [1.82, 2.24) is 10.2 Å². The number of amides is 1. The number of para-hydroxylation sites is 1. The van der Waals surface area contributed by atoms with Crippen LogP contribution >= 0.6 is 34.9 Å². The number of aryl methyl sites for hydroxylation is 1. The SMILES string of the molecule is Cc1ccccc1OCCSc1nnc(SCC(N)=O)s1. The fourth-order valence-corrected chi connectivity index (χ4v) is 4.09. The Kier molecular flexibility index (Phi) is 6.34. The molecular weight excluding hydrogens is 326 g/mol. The summed E-state index contributed by atoms with van der Waals surface area (Å²) in [4.78, 5) is 10.7. The third kappa shape index (κ3) is 5.56. The Bertz CT molecular complexity index is 604. The number of hydrogen-bond donors (Lipinski definition) is 1. The molecule has 0 atom stereocenters. The van der Waals surface area contributed by atoms with Gasteiger partial charge in [0.2, 0.25) is 5.91 Å². The predicted octanol–water partition coefficient (Wildman–Crippen LogP) is 2.60. The van der Waals surface area contributed by atoms with Gasteiger partial charge < -0.3 is 10.5 Å². The Hall–Kier alpha value is -1.25. The molecule has 0 unspecified atom stereocenters. The normalized spacial score (nSPS) is 10.5. The van der Waals surface area contributed by atoms with Crippen LogP contribution in [0.1, 0.15) is 5.56 Å². The summed E-state index contributed by atoms with van der Waals surface area (Å²) in [6, 6.07) is 7.94. The molecule has 1 amide bonds. The molecule has 0 spiro atoms. The highest BCUT2D eigenvalue weighted by atomic mass is 32.2. The van der Waals surface area contributed by atoms with Gasteiger partial charge in [-0.1, -0.05) is 53.1 Å². The van der Waals surface area contributed by atoms with E-state index in [1.165, 1.54) is 23.1 Å². The van der Waals surface area contributed by atoms with Crippen LogP contribution < -0.4 is 10.5 Å². The van der Waals surface area contributed by atoms with Crippen molar-refractivity contribution in [3.63, 3.8) is 0 Å².